The van der Waals surface area contributed by atoms with Gasteiger partial charge in [-0.15, -0.1) is 0 Å². The number of benzene rings is 1. The van der Waals surface area contributed by atoms with Crippen LogP contribution in [0.2, 0.25) is 0 Å². The maximum atomic E-state index is 5.96. The van der Waals surface area contributed by atoms with Gasteiger partial charge in [-0.2, -0.15) is 0 Å². The average Bonchev–Trinajstić information content (AvgIpc) is 2.47. The molecule has 0 aliphatic carbocycles. The van der Waals surface area contributed by atoms with E-state index in [2.05, 4.69) is 18.8 Å². The molecule has 0 atom stereocenters. The molecule has 1 rings (SSSR count). The van der Waals surface area contributed by atoms with Gasteiger partial charge in [0.1, 0.15) is 0 Å². The molecule has 0 aliphatic rings. The van der Waals surface area contributed by atoms with Crippen molar-refractivity contribution in [2.45, 2.75) is 27.3 Å². The maximum absolute atomic E-state index is 5.96. The number of nitrogens with zero attached hydrogens (tertiary/aromatic N) is 2. The summed E-state index contributed by atoms with van der Waals surface area (Å²) in [7, 11) is 1.63. The third-order valence-corrected chi connectivity index (χ3v) is 3.04. The lowest BCUT2D eigenvalue weighted by Gasteiger charge is -2.19. The normalized spacial score (nSPS) is 11.3. The lowest BCUT2D eigenvalue weighted by atomic mass is 10.2. The van der Waals surface area contributed by atoms with E-state index in [0.29, 0.717) is 19.1 Å². The van der Waals surface area contributed by atoms with Crippen molar-refractivity contribution in [3.05, 3.63) is 23.8 Å². The van der Waals surface area contributed by atoms with E-state index in [1.165, 1.54) is 0 Å². The minimum absolute atomic E-state index is 0.534. The van der Waals surface area contributed by atoms with Gasteiger partial charge in [-0.25, -0.2) is 4.99 Å². The van der Waals surface area contributed by atoms with Crippen LogP contribution in [-0.2, 0) is 6.54 Å². The predicted octanol–water partition coefficient (Wildman–Crippen LogP) is 2.25. The van der Waals surface area contributed by atoms with E-state index in [0.717, 1.165) is 30.2 Å². The summed E-state index contributed by atoms with van der Waals surface area (Å²) in [6.45, 7) is 8.93. The summed E-state index contributed by atoms with van der Waals surface area (Å²) < 4.78 is 10.8. The Hall–Kier alpha value is -1.91. The van der Waals surface area contributed by atoms with E-state index in [4.69, 9.17) is 15.2 Å². The Balaban J connectivity index is 2.82. The quantitative estimate of drug-likeness (QED) is 0.614. The van der Waals surface area contributed by atoms with Gasteiger partial charge in [0.2, 0.25) is 0 Å². The monoisotopic (exact) mass is 279 g/mol. The molecule has 20 heavy (non-hydrogen) atoms. The van der Waals surface area contributed by atoms with Crippen LogP contribution in [0.1, 0.15) is 26.3 Å². The first-order chi connectivity index (χ1) is 9.65. The Morgan fingerprint density at radius 1 is 1.20 bits per heavy atom. The highest BCUT2D eigenvalue weighted by Gasteiger charge is 2.06. The van der Waals surface area contributed by atoms with Crippen LogP contribution in [0, 0.1) is 0 Å². The molecule has 0 aliphatic heterocycles. The number of rotatable bonds is 7. The van der Waals surface area contributed by atoms with Crippen molar-refractivity contribution in [3.8, 4) is 11.5 Å². The first-order valence-electron chi connectivity index (χ1n) is 7.00. The molecule has 0 spiro atoms. The summed E-state index contributed by atoms with van der Waals surface area (Å²) >= 11 is 0. The summed E-state index contributed by atoms with van der Waals surface area (Å²) in [5.41, 5.74) is 7.01. The topological polar surface area (TPSA) is 60.1 Å². The molecule has 0 heterocycles. The molecule has 5 heteroatoms. The van der Waals surface area contributed by atoms with Gasteiger partial charge in [-0.3, -0.25) is 0 Å². The minimum Gasteiger partial charge on any atom is -0.493 e. The molecule has 112 valence electrons. The van der Waals surface area contributed by atoms with Crippen molar-refractivity contribution in [2.24, 2.45) is 10.7 Å². The Morgan fingerprint density at radius 3 is 2.45 bits per heavy atom. The zero-order valence-corrected chi connectivity index (χ0v) is 12.8. The molecular formula is C15H25N3O2. The zero-order valence-electron chi connectivity index (χ0n) is 12.8. The number of ether oxygens (including phenoxy) is 2. The van der Waals surface area contributed by atoms with Crippen LogP contribution in [0.5, 0.6) is 11.5 Å². The van der Waals surface area contributed by atoms with Gasteiger partial charge in [-0.05, 0) is 38.5 Å². The molecule has 1 aromatic carbocycles. The third kappa shape index (κ3) is 4.33. The van der Waals surface area contributed by atoms with E-state index < -0.39 is 0 Å². The summed E-state index contributed by atoms with van der Waals surface area (Å²) in [6.07, 6.45) is 0. The van der Waals surface area contributed by atoms with Gasteiger partial charge in [0.05, 0.1) is 20.3 Å². The second kappa shape index (κ2) is 8.30. The highest BCUT2D eigenvalue weighted by atomic mass is 16.5. The lowest BCUT2D eigenvalue weighted by molar-refractivity contribution is 0.310. The molecule has 0 amide bonds. The van der Waals surface area contributed by atoms with Crippen LogP contribution < -0.4 is 15.2 Å². The van der Waals surface area contributed by atoms with Crippen molar-refractivity contribution >= 4 is 5.96 Å². The molecule has 0 unspecified atom stereocenters. The van der Waals surface area contributed by atoms with Crippen LogP contribution in [0.15, 0.2) is 23.2 Å². The highest BCUT2D eigenvalue weighted by molar-refractivity contribution is 5.78. The molecule has 0 aromatic heterocycles. The number of methoxy groups -OCH3 is 1. The van der Waals surface area contributed by atoms with Gasteiger partial charge in [-0.1, -0.05) is 6.07 Å². The number of aliphatic imine (C=N–C) groups is 1. The fraction of sp³-hybridized carbons (Fsp3) is 0.533. The number of hydrogen-bond acceptors (Lipinski definition) is 3. The van der Waals surface area contributed by atoms with E-state index >= 15 is 0 Å². The number of guanidine groups is 1. The summed E-state index contributed by atoms with van der Waals surface area (Å²) in [4.78, 5) is 6.44. The molecule has 5 nitrogen and oxygen atoms in total. The van der Waals surface area contributed by atoms with Crippen LogP contribution in [0.25, 0.3) is 0 Å². The molecule has 1 aromatic rings. The third-order valence-electron chi connectivity index (χ3n) is 3.04. The average molecular weight is 279 g/mol. The number of hydrogen-bond donors (Lipinski definition) is 1. The highest BCUT2D eigenvalue weighted by Crippen LogP contribution is 2.28. The smallest absolute Gasteiger partial charge is 0.191 e. The number of nitrogens with two attached hydrogens (primary N) is 1. The molecule has 0 radical (unpaired) electrons. The Labute approximate surface area is 121 Å². The van der Waals surface area contributed by atoms with Crippen molar-refractivity contribution in [1.29, 1.82) is 0 Å². The molecule has 2 N–H and O–H groups in total. The van der Waals surface area contributed by atoms with Crippen molar-refractivity contribution in [2.75, 3.05) is 26.8 Å². The van der Waals surface area contributed by atoms with E-state index in [1.54, 1.807) is 7.11 Å². The Morgan fingerprint density at radius 2 is 1.90 bits per heavy atom. The standard InChI is InChI=1S/C15H25N3O2/c1-5-18(6-2)15(16)17-11-12-8-9-13(19-4)14(10-12)20-7-3/h8-10H,5-7,11H2,1-4H3,(H2,16,17). The first kappa shape index (κ1) is 16.1. The minimum atomic E-state index is 0.534. The molecule has 0 saturated heterocycles. The van der Waals surface area contributed by atoms with Crippen molar-refractivity contribution < 1.29 is 9.47 Å². The fourth-order valence-electron chi connectivity index (χ4n) is 1.91. The maximum Gasteiger partial charge on any atom is 0.191 e. The largest absolute Gasteiger partial charge is 0.493 e. The van der Waals surface area contributed by atoms with Gasteiger partial charge < -0.3 is 20.1 Å². The predicted molar refractivity (Wildman–Crippen MR) is 82.4 cm³/mol. The lowest BCUT2D eigenvalue weighted by Crippen LogP contribution is -2.37. The molecular weight excluding hydrogens is 254 g/mol. The summed E-state index contributed by atoms with van der Waals surface area (Å²) in [5.74, 6) is 2.05. The molecule has 0 saturated carbocycles. The van der Waals surface area contributed by atoms with Crippen LogP contribution >= 0.6 is 0 Å². The van der Waals surface area contributed by atoms with E-state index in [-0.39, 0.29) is 0 Å². The molecule has 0 fully saturated rings. The second-order valence-corrected chi connectivity index (χ2v) is 4.26. The van der Waals surface area contributed by atoms with Crippen LogP contribution in [-0.4, -0.2) is 37.7 Å². The zero-order chi connectivity index (χ0) is 15.0. The van der Waals surface area contributed by atoms with E-state index in [9.17, 15) is 0 Å². The van der Waals surface area contributed by atoms with Gasteiger partial charge in [0.15, 0.2) is 17.5 Å². The Bertz CT molecular complexity index is 443. The SMILES string of the molecule is CCOc1cc(CN=C(N)N(CC)CC)ccc1OC. The summed E-state index contributed by atoms with van der Waals surface area (Å²) in [6, 6.07) is 5.81. The van der Waals surface area contributed by atoms with Gasteiger partial charge >= 0.3 is 0 Å². The second-order valence-electron chi connectivity index (χ2n) is 4.26. The fourth-order valence-corrected chi connectivity index (χ4v) is 1.91. The van der Waals surface area contributed by atoms with Crippen LogP contribution in [0.4, 0.5) is 0 Å². The Kier molecular flexibility index (Phi) is 6.70. The first-order valence-corrected chi connectivity index (χ1v) is 7.00. The van der Waals surface area contributed by atoms with Gasteiger partial charge in [0, 0.05) is 13.1 Å². The summed E-state index contributed by atoms with van der Waals surface area (Å²) in [5, 5.41) is 0. The van der Waals surface area contributed by atoms with Crippen LogP contribution in [0.3, 0.4) is 0 Å². The van der Waals surface area contributed by atoms with Crippen molar-refractivity contribution in [3.63, 3.8) is 0 Å². The molecule has 0 bridgehead atoms. The van der Waals surface area contributed by atoms with Gasteiger partial charge in [0.25, 0.3) is 0 Å². The van der Waals surface area contributed by atoms with Crippen molar-refractivity contribution in [1.82, 2.24) is 4.90 Å². The van der Waals surface area contributed by atoms with E-state index in [1.807, 2.05) is 30.0 Å².